The molecule has 0 bridgehead atoms. The molecular formula is C10H13Cl2NO3S. The molecule has 17 heavy (non-hydrogen) atoms. The van der Waals surface area contributed by atoms with Gasteiger partial charge in [0, 0.05) is 13.7 Å². The third-order valence-corrected chi connectivity index (χ3v) is 4.43. The Morgan fingerprint density at radius 1 is 1.29 bits per heavy atom. The summed E-state index contributed by atoms with van der Waals surface area (Å²) in [5.41, 5.74) is 0.546. The van der Waals surface area contributed by atoms with Crippen LogP contribution in [0.3, 0.4) is 0 Å². The number of benzene rings is 1. The second-order valence-corrected chi connectivity index (χ2v) is 5.97. The van der Waals surface area contributed by atoms with Crippen molar-refractivity contribution in [1.82, 2.24) is 4.72 Å². The summed E-state index contributed by atoms with van der Waals surface area (Å²) >= 11 is 11.6. The van der Waals surface area contributed by atoms with Crippen LogP contribution in [0.1, 0.15) is 5.56 Å². The number of nitrogens with one attached hydrogen (secondary N) is 1. The van der Waals surface area contributed by atoms with Gasteiger partial charge in [-0.05, 0) is 24.6 Å². The zero-order chi connectivity index (χ0) is 13.1. The van der Waals surface area contributed by atoms with Crippen molar-refractivity contribution in [3.05, 3.63) is 27.7 Å². The fraction of sp³-hybridized carbons (Fsp3) is 0.400. The predicted octanol–water partition coefficient (Wildman–Crippen LogP) is 2.23. The van der Waals surface area contributed by atoms with E-state index in [1.165, 1.54) is 19.2 Å². The molecule has 1 aromatic carbocycles. The van der Waals surface area contributed by atoms with E-state index in [4.69, 9.17) is 27.9 Å². The summed E-state index contributed by atoms with van der Waals surface area (Å²) in [5, 5.41) is 0.546. The molecule has 1 aromatic rings. The number of sulfonamides is 1. The average molecular weight is 298 g/mol. The van der Waals surface area contributed by atoms with Gasteiger partial charge in [0.15, 0.2) is 0 Å². The Hall–Kier alpha value is -0.330. The lowest BCUT2D eigenvalue weighted by molar-refractivity contribution is 0.204. The normalized spacial score (nSPS) is 11.8. The van der Waals surface area contributed by atoms with E-state index in [0.29, 0.717) is 17.2 Å². The van der Waals surface area contributed by atoms with Gasteiger partial charge in [-0.3, -0.25) is 0 Å². The van der Waals surface area contributed by atoms with Gasteiger partial charge in [0.05, 0.1) is 21.5 Å². The molecule has 4 nitrogen and oxygen atoms in total. The first-order valence-electron chi connectivity index (χ1n) is 4.82. The van der Waals surface area contributed by atoms with Gasteiger partial charge in [0.1, 0.15) is 0 Å². The maximum atomic E-state index is 11.9. The highest BCUT2D eigenvalue weighted by atomic mass is 35.5. The van der Waals surface area contributed by atoms with E-state index in [1.807, 2.05) is 0 Å². The molecule has 0 unspecified atom stereocenters. The molecule has 0 aliphatic heterocycles. The molecule has 0 heterocycles. The first-order chi connectivity index (χ1) is 7.88. The van der Waals surface area contributed by atoms with E-state index < -0.39 is 10.0 Å². The monoisotopic (exact) mass is 297 g/mol. The van der Waals surface area contributed by atoms with Crippen molar-refractivity contribution in [1.29, 1.82) is 0 Å². The van der Waals surface area contributed by atoms with E-state index in [1.54, 1.807) is 6.92 Å². The minimum Gasteiger partial charge on any atom is -0.383 e. The maximum Gasteiger partial charge on any atom is 0.240 e. The van der Waals surface area contributed by atoms with E-state index >= 15 is 0 Å². The van der Waals surface area contributed by atoms with Crippen molar-refractivity contribution >= 4 is 33.2 Å². The van der Waals surface area contributed by atoms with E-state index in [9.17, 15) is 8.42 Å². The topological polar surface area (TPSA) is 55.4 Å². The number of hydrogen-bond acceptors (Lipinski definition) is 3. The minimum atomic E-state index is -3.58. The van der Waals surface area contributed by atoms with Gasteiger partial charge < -0.3 is 4.74 Å². The highest BCUT2D eigenvalue weighted by molar-refractivity contribution is 7.89. The fourth-order valence-electron chi connectivity index (χ4n) is 1.27. The van der Waals surface area contributed by atoms with Crippen LogP contribution >= 0.6 is 23.2 Å². The van der Waals surface area contributed by atoms with E-state index in [2.05, 4.69) is 4.72 Å². The van der Waals surface area contributed by atoms with Gasteiger partial charge in [-0.1, -0.05) is 23.2 Å². The number of rotatable bonds is 5. The van der Waals surface area contributed by atoms with Crippen LogP contribution in [0.4, 0.5) is 0 Å². The Bertz CT molecular complexity index is 503. The second-order valence-electron chi connectivity index (χ2n) is 3.42. The van der Waals surface area contributed by atoms with Crippen molar-refractivity contribution < 1.29 is 13.2 Å². The molecule has 96 valence electrons. The Balaban J connectivity index is 3.03. The SMILES string of the molecule is COCCNS(=O)(=O)c1cc(Cl)c(Cl)cc1C. The molecule has 0 aliphatic rings. The zero-order valence-corrected chi connectivity index (χ0v) is 11.8. The lowest BCUT2D eigenvalue weighted by Gasteiger charge is -2.10. The van der Waals surface area contributed by atoms with Gasteiger partial charge >= 0.3 is 0 Å². The van der Waals surface area contributed by atoms with Crippen LogP contribution in [0.2, 0.25) is 10.0 Å². The van der Waals surface area contributed by atoms with Crippen molar-refractivity contribution in [2.45, 2.75) is 11.8 Å². The van der Waals surface area contributed by atoms with Crippen LogP contribution in [-0.4, -0.2) is 28.7 Å². The zero-order valence-electron chi connectivity index (χ0n) is 9.46. The van der Waals surface area contributed by atoms with E-state index in [-0.39, 0.29) is 16.5 Å². The summed E-state index contributed by atoms with van der Waals surface area (Å²) in [7, 11) is -2.08. The lowest BCUT2D eigenvalue weighted by atomic mass is 10.2. The number of halogens is 2. The molecule has 1 N–H and O–H groups in total. The molecule has 0 atom stereocenters. The van der Waals surface area contributed by atoms with Crippen LogP contribution in [0.25, 0.3) is 0 Å². The van der Waals surface area contributed by atoms with Crippen molar-refractivity contribution in [3.63, 3.8) is 0 Å². The Kier molecular flexibility index (Phi) is 5.22. The third kappa shape index (κ3) is 3.82. The first kappa shape index (κ1) is 14.7. The molecule has 7 heteroatoms. The number of hydrogen-bond donors (Lipinski definition) is 1. The van der Waals surface area contributed by atoms with Crippen LogP contribution in [0, 0.1) is 6.92 Å². The van der Waals surface area contributed by atoms with Crippen LogP contribution in [0.15, 0.2) is 17.0 Å². The van der Waals surface area contributed by atoms with Gasteiger partial charge in [-0.25, -0.2) is 13.1 Å². The minimum absolute atomic E-state index is 0.128. The lowest BCUT2D eigenvalue weighted by Crippen LogP contribution is -2.27. The summed E-state index contributed by atoms with van der Waals surface area (Å²) in [4.78, 5) is 0.128. The number of ether oxygens (including phenoxy) is 1. The highest BCUT2D eigenvalue weighted by Gasteiger charge is 2.17. The largest absolute Gasteiger partial charge is 0.383 e. The number of aryl methyl sites for hydroxylation is 1. The molecule has 0 radical (unpaired) electrons. The summed E-state index contributed by atoms with van der Waals surface area (Å²) < 4.78 is 31.0. The van der Waals surface area contributed by atoms with Crippen molar-refractivity contribution in [2.75, 3.05) is 20.3 Å². The average Bonchev–Trinajstić information content (AvgIpc) is 2.23. The maximum absolute atomic E-state index is 11.9. The van der Waals surface area contributed by atoms with Gasteiger partial charge in [0.25, 0.3) is 0 Å². The molecule has 1 rings (SSSR count). The Labute approximate surface area is 111 Å². The molecule has 0 saturated heterocycles. The van der Waals surface area contributed by atoms with E-state index in [0.717, 1.165) is 0 Å². The standard InChI is InChI=1S/C10H13Cl2NO3S/c1-7-5-8(11)9(12)6-10(7)17(14,15)13-3-4-16-2/h5-6,13H,3-4H2,1-2H3. The summed E-state index contributed by atoms with van der Waals surface area (Å²) in [5.74, 6) is 0. The molecule has 0 spiro atoms. The summed E-state index contributed by atoms with van der Waals surface area (Å²) in [6, 6.07) is 2.86. The summed E-state index contributed by atoms with van der Waals surface area (Å²) in [6.45, 7) is 2.17. The predicted molar refractivity (Wildman–Crippen MR) is 68.3 cm³/mol. The Morgan fingerprint density at radius 3 is 2.47 bits per heavy atom. The van der Waals surface area contributed by atoms with Crippen LogP contribution in [-0.2, 0) is 14.8 Å². The fourth-order valence-corrected chi connectivity index (χ4v) is 2.98. The second kappa shape index (κ2) is 6.02. The molecule has 0 aromatic heterocycles. The van der Waals surface area contributed by atoms with Gasteiger partial charge in [-0.2, -0.15) is 0 Å². The molecule has 0 amide bonds. The molecule has 0 saturated carbocycles. The van der Waals surface area contributed by atoms with Gasteiger partial charge in [0.2, 0.25) is 10.0 Å². The van der Waals surface area contributed by atoms with Crippen molar-refractivity contribution in [3.8, 4) is 0 Å². The Morgan fingerprint density at radius 2 is 1.88 bits per heavy atom. The van der Waals surface area contributed by atoms with Gasteiger partial charge in [-0.15, -0.1) is 0 Å². The van der Waals surface area contributed by atoms with Crippen molar-refractivity contribution in [2.24, 2.45) is 0 Å². The smallest absolute Gasteiger partial charge is 0.240 e. The molecular weight excluding hydrogens is 285 g/mol. The van der Waals surface area contributed by atoms with Crippen LogP contribution < -0.4 is 4.72 Å². The third-order valence-electron chi connectivity index (χ3n) is 2.11. The highest BCUT2D eigenvalue weighted by Crippen LogP contribution is 2.27. The molecule has 0 fully saturated rings. The first-order valence-corrected chi connectivity index (χ1v) is 7.06. The quantitative estimate of drug-likeness (QED) is 0.848. The number of methoxy groups -OCH3 is 1. The van der Waals surface area contributed by atoms with Crippen LogP contribution in [0.5, 0.6) is 0 Å². The molecule has 0 aliphatic carbocycles. The summed E-state index contributed by atoms with van der Waals surface area (Å²) in [6.07, 6.45) is 0.